The average molecular weight is 205 g/mol. The smallest absolute Gasteiger partial charge is 0.203 e. The molecule has 4 nitrogen and oxygen atoms in total. The fourth-order valence-electron chi connectivity index (χ4n) is 0.651. The first-order valence-corrected chi connectivity index (χ1v) is 5.56. The van der Waals surface area contributed by atoms with Crippen LogP contribution >= 0.6 is 23.1 Å². The zero-order valence-electron chi connectivity index (χ0n) is 6.56. The van der Waals surface area contributed by atoms with E-state index in [-0.39, 0.29) is 6.61 Å². The van der Waals surface area contributed by atoms with Crippen LogP contribution in [-0.2, 0) is 5.75 Å². The lowest BCUT2D eigenvalue weighted by Gasteiger charge is -1.94. The fourth-order valence-corrected chi connectivity index (χ4v) is 2.25. The lowest BCUT2D eigenvalue weighted by molar-refractivity contribution is 0.296. The lowest BCUT2D eigenvalue weighted by atomic mass is 10.5. The molecule has 0 atom stereocenters. The van der Waals surface area contributed by atoms with Gasteiger partial charge in [-0.1, -0.05) is 11.3 Å². The van der Waals surface area contributed by atoms with Crippen molar-refractivity contribution >= 4 is 28.2 Å². The van der Waals surface area contributed by atoms with Crippen LogP contribution in [0.3, 0.4) is 0 Å². The van der Waals surface area contributed by atoms with Crippen LogP contribution in [0.2, 0.25) is 0 Å². The summed E-state index contributed by atoms with van der Waals surface area (Å²) in [5, 5.41) is 17.6. The molecule has 0 aromatic carbocycles. The van der Waals surface area contributed by atoms with Crippen molar-refractivity contribution in [3.8, 4) is 0 Å². The highest BCUT2D eigenvalue weighted by molar-refractivity contribution is 7.98. The van der Waals surface area contributed by atoms with E-state index < -0.39 is 0 Å². The summed E-state index contributed by atoms with van der Waals surface area (Å²) < 4.78 is 0. The van der Waals surface area contributed by atoms with E-state index in [0.717, 1.165) is 22.9 Å². The van der Waals surface area contributed by atoms with Crippen molar-refractivity contribution in [2.75, 3.05) is 18.1 Å². The van der Waals surface area contributed by atoms with Crippen LogP contribution in [0.1, 0.15) is 11.4 Å². The van der Waals surface area contributed by atoms with Crippen molar-refractivity contribution in [2.45, 2.75) is 12.2 Å². The van der Waals surface area contributed by atoms with Gasteiger partial charge in [-0.3, -0.25) is 0 Å². The van der Waals surface area contributed by atoms with E-state index >= 15 is 0 Å². The third-order valence-electron chi connectivity index (χ3n) is 1.15. The van der Waals surface area contributed by atoms with Gasteiger partial charge in [-0.15, -0.1) is 10.2 Å². The maximum atomic E-state index is 8.51. The van der Waals surface area contributed by atoms with E-state index in [1.54, 1.807) is 11.8 Å². The minimum Gasteiger partial charge on any atom is -0.396 e. The number of aliphatic hydroxyl groups is 1. The largest absolute Gasteiger partial charge is 0.396 e. The Morgan fingerprint density at radius 3 is 2.92 bits per heavy atom. The summed E-state index contributed by atoms with van der Waals surface area (Å²) in [7, 11) is 0. The summed E-state index contributed by atoms with van der Waals surface area (Å²) in [6, 6.07) is 0. The van der Waals surface area contributed by atoms with Crippen LogP contribution in [0.15, 0.2) is 0 Å². The highest BCUT2D eigenvalue weighted by Gasteiger charge is 1.99. The fraction of sp³-hybridized carbons (Fsp3) is 0.667. The minimum absolute atomic E-state index is 0.255. The first kappa shape index (κ1) is 9.76. The second-order valence-corrected chi connectivity index (χ2v) is 4.36. The number of anilines is 1. The van der Waals surface area contributed by atoms with Crippen molar-refractivity contribution < 1.29 is 5.11 Å². The Bertz CT molecular complexity index is 228. The number of nitrogens with zero attached hydrogens (tertiary/aromatic N) is 2. The van der Waals surface area contributed by atoms with E-state index in [0.29, 0.717) is 5.13 Å². The SMILES string of the molecule is Nc1nnc(CSCCCO)s1. The second-order valence-electron chi connectivity index (χ2n) is 2.16. The Morgan fingerprint density at radius 1 is 1.50 bits per heavy atom. The molecule has 0 amide bonds. The molecule has 1 heterocycles. The number of hydrogen-bond donors (Lipinski definition) is 2. The van der Waals surface area contributed by atoms with Gasteiger partial charge in [-0.05, 0) is 12.2 Å². The number of aromatic nitrogens is 2. The van der Waals surface area contributed by atoms with Gasteiger partial charge >= 0.3 is 0 Å². The molecule has 0 saturated heterocycles. The van der Waals surface area contributed by atoms with Gasteiger partial charge in [0.1, 0.15) is 5.01 Å². The molecule has 1 rings (SSSR count). The Morgan fingerprint density at radius 2 is 2.33 bits per heavy atom. The molecule has 0 aliphatic carbocycles. The Kier molecular flexibility index (Phi) is 4.34. The summed E-state index contributed by atoms with van der Waals surface area (Å²) in [5.74, 6) is 1.80. The molecule has 0 unspecified atom stereocenters. The monoisotopic (exact) mass is 205 g/mol. The van der Waals surface area contributed by atoms with Crippen LogP contribution in [-0.4, -0.2) is 27.7 Å². The molecule has 6 heteroatoms. The third-order valence-corrected chi connectivity index (χ3v) is 3.14. The number of nitrogen functional groups attached to an aromatic ring is 1. The molecule has 0 aliphatic rings. The summed E-state index contributed by atoms with van der Waals surface area (Å²) in [5.41, 5.74) is 5.40. The van der Waals surface area contributed by atoms with Crippen molar-refractivity contribution in [1.82, 2.24) is 10.2 Å². The van der Waals surface area contributed by atoms with E-state index in [2.05, 4.69) is 10.2 Å². The molecule has 1 aromatic rings. The predicted molar refractivity (Wildman–Crippen MR) is 52.2 cm³/mol. The molecule has 0 saturated carbocycles. The maximum Gasteiger partial charge on any atom is 0.203 e. The molecule has 0 spiro atoms. The van der Waals surface area contributed by atoms with Gasteiger partial charge in [0.2, 0.25) is 5.13 Å². The molecule has 0 bridgehead atoms. The molecule has 3 N–H and O–H groups in total. The summed E-state index contributed by atoms with van der Waals surface area (Å²) >= 11 is 3.15. The van der Waals surface area contributed by atoms with Gasteiger partial charge in [-0.2, -0.15) is 11.8 Å². The number of thioether (sulfide) groups is 1. The highest BCUT2D eigenvalue weighted by atomic mass is 32.2. The third kappa shape index (κ3) is 3.38. The van der Waals surface area contributed by atoms with Crippen LogP contribution in [0.5, 0.6) is 0 Å². The van der Waals surface area contributed by atoms with Crippen molar-refractivity contribution in [3.63, 3.8) is 0 Å². The molecule has 0 aliphatic heterocycles. The lowest BCUT2D eigenvalue weighted by Crippen LogP contribution is -1.86. The van der Waals surface area contributed by atoms with Gasteiger partial charge in [0.15, 0.2) is 0 Å². The van der Waals surface area contributed by atoms with E-state index in [4.69, 9.17) is 10.8 Å². The van der Waals surface area contributed by atoms with Gasteiger partial charge in [0, 0.05) is 12.4 Å². The Hall–Kier alpha value is -0.330. The summed E-state index contributed by atoms with van der Waals surface area (Å²) in [4.78, 5) is 0. The predicted octanol–water partition coefficient (Wildman–Crippen LogP) is 0.736. The van der Waals surface area contributed by atoms with Crippen molar-refractivity contribution in [1.29, 1.82) is 0 Å². The molecule has 0 radical (unpaired) electrons. The van der Waals surface area contributed by atoms with Crippen LogP contribution in [0, 0.1) is 0 Å². The first-order chi connectivity index (χ1) is 5.83. The number of aliphatic hydroxyl groups excluding tert-OH is 1. The molecule has 1 aromatic heterocycles. The van der Waals surface area contributed by atoms with E-state index in [1.807, 2.05) is 0 Å². The number of rotatable bonds is 5. The maximum absolute atomic E-state index is 8.51. The standard InChI is InChI=1S/C6H11N3OS2/c7-6-9-8-5(12-6)4-11-3-1-2-10/h10H,1-4H2,(H2,7,9). The normalized spacial score (nSPS) is 10.4. The molecule has 0 fully saturated rings. The molecule has 68 valence electrons. The van der Waals surface area contributed by atoms with Crippen molar-refractivity contribution in [3.05, 3.63) is 5.01 Å². The van der Waals surface area contributed by atoms with Gasteiger partial charge in [0.25, 0.3) is 0 Å². The summed E-state index contributed by atoms with van der Waals surface area (Å²) in [6.45, 7) is 0.255. The van der Waals surface area contributed by atoms with Crippen LogP contribution in [0.4, 0.5) is 5.13 Å². The van der Waals surface area contributed by atoms with Crippen LogP contribution < -0.4 is 5.73 Å². The average Bonchev–Trinajstić information content (AvgIpc) is 2.45. The second kappa shape index (κ2) is 5.34. The topological polar surface area (TPSA) is 72.0 Å². The van der Waals surface area contributed by atoms with Crippen molar-refractivity contribution in [2.24, 2.45) is 0 Å². The Balaban J connectivity index is 2.15. The van der Waals surface area contributed by atoms with E-state index in [9.17, 15) is 0 Å². The first-order valence-electron chi connectivity index (χ1n) is 3.59. The van der Waals surface area contributed by atoms with Crippen LogP contribution in [0.25, 0.3) is 0 Å². The molecular formula is C6H11N3OS2. The van der Waals surface area contributed by atoms with Gasteiger partial charge in [-0.25, -0.2) is 0 Å². The number of nitrogens with two attached hydrogens (primary N) is 1. The zero-order chi connectivity index (χ0) is 8.81. The Labute approximate surface area is 79.2 Å². The quantitative estimate of drug-likeness (QED) is 0.694. The highest BCUT2D eigenvalue weighted by Crippen LogP contribution is 2.17. The zero-order valence-corrected chi connectivity index (χ0v) is 8.20. The molecule has 12 heavy (non-hydrogen) atoms. The minimum atomic E-state index is 0.255. The summed E-state index contributed by atoms with van der Waals surface area (Å²) in [6.07, 6.45) is 0.832. The van der Waals surface area contributed by atoms with Gasteiger partial charge < -0.3 is 10.8 Å². The molecular weight excluding hydrogens is 194 g/mol. The van der Waals surface area contributed by atoms with Gasteiger partial charge in [0.05, 0.1) is 0 Å². The number of hydrogen-bond acceptors (Lipinski definition) is 6. The van der Waals surface area contributed by atoms with E-state index in [1.165, 1.54) is 11.3 Å².